The summed E-state index contributed by atoms with van der Waals surface area (Å²) in [4.78, 5) is 14.3. The molecule has 0 aliphatic carbocycles. The number of hydrogen-bond acceptors (Lipinski definition) is 2. The zero-order valence-corrected chi connectivity index (χ0v) is 8.22. The van der Waals surface area contributed by atoms with Gasteiger partial charge in [0.05, 0.1) is 5.56 Å². The van der Waals surface area contributed by atoms with Gasteiger partial charge < -0.3 is 5.11 Å². The number of rotatable bonds is 2. The van der Waals surface area contributed by atoms with Crippen molar-refractivity contribution in [1.29, 1.82) is 0 Å². The molecule has 0 atom stereocenters. The summed E-state index contributed by atoms with van der Waals surface area (Å²) in [5.41, 5.74) is 0.981. The van der Waals surface area contributed by atoms with Crippen LogP contribution >= 0.6 is 0 Å². The average Bonchev–Trinajstić information content (AvgIpc) is 2.29. The van der Waals surface area contributed by atoms with E-state index in [2.05, 4.69) is 4.98 Å². The molecule has 3 nitrogen and oxygen atoms in total. The van der Waals surface area contributed by atoms with E-state index in [1.807, 2.05) is 6.07 Å². The molecule has 0 saturated heterocycles. The van der Waals surface area contributed by atoms with Gasteiger partial charge >= 0.3 is 5.97 Å². The van der Waals surface area contributed by atoms with E-state index in [9.17, 15) is 9.18 Å². The highest BCUT2D eigenvalue weighted by atomic mass is 19.1. The molecule has 2 aromatic rings. The largest absolute Gasteiger partial charge is 0.478 e. The molecule has 0 amide bonds. The molecular formula is C12H8FNO2. The van der Waals surface area contributed by atoms with Crippen molar-refractivity contribution < 1.29 is 14.3 Å². The molecule has 1 aromatic heterocycles. The molecule has 1 heterocycles. The Bertz CT molecular complexity index is 526. The van der Waals surface area contributed by atoms with E-state index < -0.39 is 11.9 Å². The number of carboxylic acids is 1. The Kier molecular flexibility index (Phi) is 2.64. The maximum absolute atomic E-state index is 13.0. The van der Waals surface area contributed by atoms with Crippen LogP contribution < -0.4 is 0 Å². The van der Waals surface area contributed by atoms with Crippen LogP contribution in [-0.2, 0) is 0 Å². The number of benzene rings is 1. The smallest absolute Gasteiger partial charge is 0.337 e. The van der Waals surface area contributed by atoms with Gasteiger partial charge in [-0.25, -0.2) is 9.78 Å². The molecule has 80 valence electrons. The zero-order chi connectivity index (χ0) is 11.5. The maximum atomic E-state index is 13.0. The molecule has 1 N–H and O–H groups in total. The van der Waals surface area contributed by atoms with Crippen molar-refractivity contribution in [2.24, 2.45) is 0 Å². The average molecular weight is 217 g/mol. The Labute approximate surface area is 91.2 Å². The monoisotopic (exact) mass is 217 g/mol. The van der Waals surface area contributed by atoms with Crippen molar-refractivity contribution in [1.82, 2.24) is 4.98 Å². The summed E-state index contributed by atoms with van der Waals surface area (Å²) in [5.74, 6) is -1.81. The second-order valence-corrected chi connectivity index (χ2v) is 3.22. The van der Waals surface area contributed by atoms with Crippen molar-refractivity contribution in [2.75, 3.05) is 0 Å². The third-order valence-corrected chi connectivity index (χ3v) is 2.19. The number of hydrogen-bond donors (Lipinski definition) is 1. The topological polar surface area (TPSA) is 50.2 Å². The number of carboxylic acid groups (broad SMARTS) is 1. The van der Waals surface area contributed by atoms with Crippen LogP contribution in [0.15, 0.2) is 42.6 Å². The van der Waals surface area contributed by atoms with Crippen molar-refractivity contribution in [3.8, 4) is 11.1 Å². The van der Waals surface area contributed by atoms with Crippen molar-refractivity contribution >= 4 is 5.97 Å². The Morgan fingerprint density at radius 1 is 1.25 bits per heavy atom. The first-order valence-electron chi connectivity index (χ1n) is 4.63. The van der Waals surface area contributed by atoms with Crippen LogP contribution in [0.25, 0.3) is 11.1 Å². The Balaban J connectivity index is 2.63. The van der Waals surface area contributed by atoms with Gasteiger partial charge in [0.2, 0.25) is 5.95 Å². The van der Waals surface area contributed by atoms with E-state index in [0.717, 1.165) is 12.3 Å². The molecule has 0 aliphatic rings. The lowest BCUT2D eigenvalue weighted by molar-refractivity contribution is 0.0697. The van der Waals surface area contributed by atoms with Crippen LogP contribution in [0.1, 0.15) is 10.4 Å². The second kappa shape index (κ2) is 4.10. The number of carbonyl (C=O) groups is 1. The van der Waals surface area contributed by atoms with E-state index in [-0.39, 0.29) is 5.56 Å². The van der Waals surface area contributed by atoms with Crippen molar-refractivity contribution in [3.05, 3.63) is 54.1 Å². The molecule has 0 unspecified atom stereocenters. The number of pyridine rings is 1. The number of aromatic carboxylic acids is 1. The summed E-state index contributed by atoms with van der Waals surface area (Å²) < 4.78 is 13.0. The molecule has 4 heteroatoms. The molecule has 0 bridgehead atoms. The second-order valence-electron chi connectivity index (χ2n) is 3.22. The highest BCUT2D eigenvalue weighted by Crippen LogP contribution is 2.23. The van der Waals surface area contributed by atoms with Gasteiger partial charge in [-0.2, -0.15) is 4.39 Å². The van der Waals surface area contributed by atoms with E-state index in [1.165, 1.54) is 0 Å². The van der Waals surface area contributed by atoms with Gasteiger partial charge in [-0.05, 0) is 5.56 Å². The van der Waals surface area contributed by atoms with Crippen molar-refractivity contribution in [3.63, 3.8) is 0 Å². The first-order chi connectivity index (χ1) is 7.68. The lowest BCUT2D eigenvalue weighted by atomic mass is 10.0. The highest BCUT2D eigenvalue weighted by molar-refractivity contribution is 5.95. The zero-order valence-electron chi connectivity index (χ0n) is 8.22. The third-order valence-electron chi connectivity index (χ3n) is 2.19. The van der Waals surface area contributed by atoms with Gasteiger partial charge in [-0.1, -0.05) is 30.3 Å². The van der Waals surface area contributed by atoms with Crippen LogP contribution in [0, 0.1) is 5.95 Å². The van der Waals surface area contributed by atoms with E-state index in [1.54, 1.807) is 24.3 Å². The lowest BCUT2D eigenvalue weighted by Crippen LogP contribution is -2.01. The quantitative estimate of drug-likeness (QED) is 0.786. The SMILES string of the molecule is O=C(O)c1cnc(F)cc1-c1ccccc1. The fraction of sp³-hybridized carbons (Fsp3) is 0. The van der Waals surface area contributed by atoms with Crippen LogP contribution in [0.3, 0.4) is 0 Å². The van der Waals surface area contributed by atoms with Crippen LogP contribution in [-0.4, -0.2) is 16.1 Å². The standard InChI is InChI=1S/C12H8FNO2/c13-11-6-9(8-4-2-1-3-5-8)10(7-14-11)12(15)16/h1-7H,(H,15,16). The first-order valence-corrected chi connectivity index (χ1v) is 4.63. The van der Waals surface area contributed by atoms with Gasteiger partial charge in [0, 0.05) is 17.8 Å². The predicted molar refractivity (Wildman–Crippen MR) is 56.6 cm³/mol. The van der Waals surface area contributed by atoms with Gasteiger partial charge in [-0.3, -0.25) is 0 Å². The van der Waals surface area contributed by atoms with Crippen LogP contribution in [0.4, 0.5) is 4.39 Å². The summed E-state index contributed by atoms with van der Waals surface area (Å²) in [6.45, 7) is 0. The fourth-order valence-corrected chi connectivity index (χ4v) is 1.46. The van der Waals surface area contributed by atoms with Gasteiger partial charge in [-0.15, -0.1) is 0 Å². The fourth-order valence-electron chi connectivity index (χ4n) is 1.46. The molecule has 2 rings (SSSR count). The van der Waals surface area contributed by atoms with E-state index in [4.69, 9.17) is 5.11 Å². The van der Waals surface area contributed by atoms with E-state index in [0.29, 0.717) is 11.1 Å². The summed E-state index contributed by atoms with van der Waals surface area (Å²) in [6, 6.07) is 9.90. The third kappa shape index (κ3) is 1.91. The van der Waals surface area contributed by atoms with Gasteiger partial charge in [0.25, 0.3) is 0 Å². The molecule has 0 radical (unpaired) electrons. The predicted octanol–water partition coefficient (Wildman–Crippen LogP) is 2.59. The van der Waals surface area contributed by atoms with Crippen LogP contribution in [0.2, 0.25) is 0 Å². The van der Waals surface area contributed by atoms with Gasteiger partial charge in [0.1, 0.15) is 0 Å². The molecule has 0 fully saturated rings. The number of nitrogens with zero attached hydrogens (tertiary/aromatic N) is 1. The first kappa shape index (κ1) is 10.3. The lowest BCUT2D eigenvalue weighted by Gasteiger charge is -2.05. The van der Waals surface area contributed by atoms with Crippen LogP contribution in [0.5, 0.6) is 0 Å². The Morgan fingerprint density at radius 3 is 2.56 bits per heavy atom. The number of halogens is 1. The minimum Gasteiger partial charge on any atom is -0.478 e. The molecule has 1 aromatic carbocycles. The molecule has 0 spiro atoms. The normalized spacial score (nSPS) is 10.1. The molecule has 16 heavy (non-hydrogen) atoms. The van der Waals surface area contributed by atoms with Gasteiger partial charge in [0.15, 0.2) is 0 Å². The molecule has 0 aliphatic heterocycles. The highest BCUT2D eigenvalue weighted by Gasteiger charge is 2.13. The Hall–Kier alpha value is -2.23. The molecular weight excluding hydrogens is 209 g/mol. The Morgan fingerprint density at radius 2 is 1.94 bits per heavy atom. The minimum absolute atomic E-state index is 0.00685. The summed E-state index contributed by atoms with van der Waals surface area (Å²) in [7, 11) is 0. The number of aromatic nitrogens is 1. The maximum Gasteiger partial charge on any atom is 0.337 e. The summed E-state index contributed by atoms with van der Waals surface area (Å²) >= 11 is 0. The summed E-state index contributed by atoms with van der Waals surface area (Å²) in [5, 5.41) is 8.96. The van der Waals surface area contributed by atoms with E-state index >= 15 is 0 Å². The van der Waals surface area contributed by atoms with Crippen molar-refractivity contribution in [2.45, 2.75) is 0 Å². The summed E-state index contributed by atoms with van der Waals surface area (Å²) in [6.07, 6.45) is 1.03. The molecule has 0 saturated carbocycles. The minimum atomic E-state index is -1.12.